The number of carbonyl (C=O) groups is 1. The Balaban J connectivity index is 1.42. The molecule has 35 heavy (non-hydrogen) atoms. The fourth-order valence-electron chi connectivity index (χ4n) is 4.80. The number of amides is 1. The van der Waals surface area contributed by atoms with Gasteiger partial charge < -0.3 is 4.90 Å². The van der Waals surface area contributed by atoms with Crippen LogP contribution in [0.3, 0.4) is 0 Å². The normalized spacial score (nSPS) is 18.0. The fraction of sp³-hybridized carbons (Fsp3) is 0.360. The maximum absolute atomic E-state index is 13.9. The highest BCUT2D eigenvalue weighted by Crippen LogP contribution is 2.39. The molecule has 0 unspecified atom stereocenters. The van der Waals surface area contributed by atoms with Crippen LogP contribution in [-0.4, -0.2) is 41.2 Å². The Morgan fingerprint density at radius 1 is 1.09 bits per heavy atom. The van der Waals surface area contributed by atoms with Crippen LogP contribution in [0.1, 0.15) is 53.3 Å². The average Bonchev–Trinajstić information content (AvgIpc) is 3.37. The summed E-state index contributed by atoms with van der Waals surface area (Å²) >= 11 is 0. The third kappa shape index (κ3) is 4.71. The van der Waals surface area contributed by atoms with E-state index in [1.165, 1.54) is 36.4 Å². The highest BCUT2D eigenvalue weighted by Gasteiger charge is 2.37. The molecular formula is C25H24F3N3O3S. The largest absolute Gasteiger partial charge is 0.328 e. The molecule has 6 nitrogen and oxygen atoms in total. The van der Waals surface area contributed by atoms with Crippen molar-refractivity contribution in [2.75, 3.05) is 6.26 Å². The molecule has 0 saturated heterocycles. The summed E-state index contributed by atoms with van der Waals surface area (Å²) in [6.45, 7) is 0.485. The molecular weight excluding hydrogens is 479 g/mol. The van der Waals surface area contributed by atoms with Crippen molar-refractivity contribution < 1.29 is 26.4 Å². The van der Waals surface area contributed by atoms with Crippen LogP contribution in [0.15, 0.2) is 53.6 Å². The van der Waals surface area contributed by atoms with Crippen molar-refractivity contribution in [1.29, 1.82) is 0 Å². The SMILES string of the molecule is CS(=O)(=O)c1ccc(-c2cccc(F)c2)c(C(=O)N2Cc3cn(C4CCC(F)(F)CC4)nc3C2)c1. The van der Waals surface area contributed by atoms with Crippen molar-refractivity contribution in [3.8, 4) is 11.1 Å². The number of rotatable bonds is 4. The molecule has 2 aromatic carbocycles. The van der Waals surface area contributed by atoms with Crippen molar-refractivity contribution in [1.82, 2.24) is 14.7 Å². The molecule has 0 atom stereocenters. The number of nitrogens with zero attached hydrogens (tertiary/aromatic N) is 3. The number of aromatic nitrogens is 2. The van der Waals surface area contributed by atoms with E-state index in [1.54, 1.807) is 15.6 Å². The number of halogens is 3. The maximum atomic E-state index is 13.9. The summed E-state index contributed by atoms with van der Waals surface area (Å²) < 4.78 is 66.9. The molecule has 1 aliphatic carbocycles. The minimum Gasteiger partial charge on any atom is -0.328 e. The van der Waals surface area contributed by atoms with Gasteiger partial charge in [-0.1, -0.05) is 18.2 Å². The zero-order valence-electron chi connectivity index (χ0n) is 19.0. The maximum Gasteiger partial charge on any atom is 0.255 e. The van der Waals surface area contributed by atoms with E-state index in [9.17, 15) is 26.4 Å². The van der Waals surface area contributed by atoms with Crippen molar-refractivity contribution >= 4 is 15.7 Å². The second kappa shape index (κ2) is 8.51. The Labute approximate surface area is 201 Å². The molecule has 0 radical (unpaired) electrons. The van der Waals surface area contributed by atoms with Crippen LogP contribution in [0, 0.1) is 5.82 Å². The summed E-state index contributed by atoms with van der Waals surface area (Å²) in [6, 6.07) is 9.94. The molecule has 5 rings (SSSR count). The third-order valence-corrected chi connectivity index (χ3v) is 7.84. The molecule has 1 amide bonds. The van der Waals surface area contributed by atoms with Crippen LogP contribution in [0.4, 0.5) is 13.2 Å². The molecule has 0 spiro atoms. The number of hydrogen-bond donors (Lipinski definition) is 0. The van der Waals surface area contributed by atoms with Gasteiger partial charge >= 0.3 is 0 Å². The van der Waals surface area contributed by atoms with Crippen LogP contribution in [0.2, 0.25) is 0 Å². The summed E-state index contributed by atoms with van der Waals surface area (Å²) in [5, 5.41) is 4.57. The van der Waals surface area contributed by atoms with E-state index in [1.807, 2.05) is 6.20 Å². The number of benzene rings is 2. The lowest BCUT2D eigenvalue weighted by Gasteiger charge is -2.28. The van der Waals surface area contributed by atoms with Gasteiger partial charge in [-0.3, -0.25) is 9.48 Å². The predicted octanol–water partition coefficient (Wildman–Crippen LogP) is 5.00. The van der Waals surface area contributed by atoms with Gasteiger partial charge in [-0.2, -0.15) is 5.10 Å². The quantitative estimate of drug-likeness (QED) is 0.503. The highest BCUT2D eigenvalue weighted by atomic mass is 32.2. The van der Waals surface area contributed by atoms with Gasteiger partial charge in [-0.25, -0.2) is 21.6 Å². The number of sulfone groups is 1. The summed E-state index contributed by atoms with van der Waals surface area (Å²) in [7, 11) is -3.57. The first-order valence-corrected chi connectivity index (χ1v) is 13.2. The monoisotopic (exact) mass is 503 g/mol. The number of carbonyl (C=O) groups excluding carboxylic acids is 1. The predicted molar refractivity (Wildman–Crippen MR) is 123 cm³/mol. The second-order valence-electron chi connectivity index (χ2n) is 9.32. The molecule has 1 aliphatic heterocycles. The van der Waals surface area contributed by atoms with Gasteiger partial charge in [0.05, 0.1) is 23.2 Å². The second-order valence-corrected chi connectivity index (χ2v) is 11.3. The van der Waals surface area contributed by atoms with Gasteiger partial charge in [0.1, 0.15) is 5.82 Å². The summed E-state index contributed by atoms with van der Waals surface area (Å²) in [5.41, 5.74) is 2.58. The Bertz CT molecular complexity index is 1380. The third-order valence-electron chi connectivity index (χ3n) is 6.73. The lowest BCUT2D eigenvalue weighted by Crippen LogP contribution is -2.28. The van der Waals surface area contributed by atoms with Gasteiger partial charge in [0.25, 0.3) is 5.91 Å². The Morgan fingerprint density at radius 2 is 1.83 bits per heavy atom. The van der Waals surface area contributed by atoms with Gasteiger partial charge in [0, 0.05) is 43.0 Å². The first kappa shape index (κ1) is 23.6. The van der Waals surface area contributed by atoms with Crippen molar-refractivity contribution in [3.05, 3.63) is 71.3 Å². The molecule has 10 heteroatoms. The van der Waals surface area contributed by atoms with Crippen LogP contribution >= 0.6 is 0 Å². The van der Waals surface area contributed by atoms with Gasteiger partial charge in [0.15, 0.2) is 9.84 Å². The molecule has 184 valence electrons. The molecule has 0 bridgehead atoms. The molecule has 1 fully saturated rings. The van der Waals surface area contributed by atoms with E-state index in [0.29, 0.717) is 29.7 Å². The lowest BCUT2D eigenvalue weighted by molar-refractivity contribution is -0.0450. The zero-order valence-corrected chi connectivity index (χ0v) is 19.9. The minimum atomic E-state index is -3.57. The summed E-state index contributed by atoms with van der Waals surface area (Å²) in [6.07, 6.45) is 3.26. The Hall–Kier alpha value is -3.14. The summed E-state index contributed by atoms with van der Waals surface area (Å²) in [4.78, 5) is 15.1. The van der Waals surface area contributed by atoms with Crippen molar-refractivity contribution in [2.45, 2.75) is 55.6 Å². The van der Waals surface area contributed by atoms with Gasteiger partial charge in [-0.05, 0) is 48.2 Å². The molecule has 1 saturated carbocycles. The Kier molecular flexibility index (Phi) is 5.74. The van der Waals surface area contributed by atoms with E-state index in [-0.39, 0.29) is 42.4 Å². The molecule has 1 aromatic heterocycles. The highest BCUT2D eigenvalue weighted by molar-refractivity contribution is 7.90. The van der Waals surface area contributed by atoms with Crippen LogP contribution in [0.5, 0.6) is 0 Å². The molecule has 3 aromatic rings. The van der Waals surface area contributed by atoms with Crippen molar-refractivity contribution in [3.63, 3.8) is 0 Å². The average molecular weight is 504 g/mol. The van der Waals surface area contributed by atoms with E-state index in [2.05, 4.69) is 5.10 Å². The number of fused-ring (bicyclic) bond motifs is 1. The van der Waals surface area contributed by atoms with E-state index in [4.69, 9.17) is 0 Å². The minimum absolute atomic E-state index is 0.00257. The number of alkyl halides is 2. The molecule has 2 aliphatic rings. The summed E-state index contributed by atoms with van der Waals surface area (Å²) in [5.74, 6) is -3.48. The zero-order chi connectivity index (χ0) is 25.0. The first-order chi connectivity index (χ1) is 16.5. The standard InChI is InChI=1S/C25H24F3N3O3S/c1-35(33,34)20-5-6-21(16-3-2-4-18(26)11-16)22(12-20)24(32)30-13-17-14-31(29-23(17)15-30)19-7-9-25(27,28)10-8-19/h2-6,11-12,14,19H,7-10,13,15H2,1H3. The van der Waals surface area contributed by atoms with Gasteiger partial charge in [-0.15, -0.1) is 0 Å². The molecule has 2 heterocycles. The molecule has 0 N–H and O–H groups in total. The van der Waals surface area contributed by atoms with Crippen LogP contribution in [-0.2, 0) is 22.9 Å². The van der Waals surface area contributed by atoms with Crippen LogP contribution < -0.4 is 0 Å². The lowest BCUT2D eigenvalue weighted by atomic mass is 9.92. The smallest absolute Gasteiger partial charge is 0.255 e. The van der Waals surface area contributed by atoms with Crippen LogP contribution in [0.25, 0.3) is 11.1 Å². The van der Waals surface area contributed by atoms with E-state index >= 15 is 0 Å². The number of hydrogen-bond acceptors (Lipinski definition) is 4. The van der Waals surface area contributed by atoms with Gasteiger partial charge in [0.2, 0.25) is 5.92 Å². The van der Waals surface area contributed by atoms with E-state index in [0.717, 1.165) is 11.8 Å². The van der Waals surface area contributed by atoms with E-state index < -0.39 is 27.5 Å². The fourth-order valence-corrected chi connectivity index (χ4v) is 5.45. The topological polar surface area (TPSA) is 72.3 Å². The first-order valence-electron chi connectivity index (χ1n) is 11.3. The van der Waals surface area contributed by atoms with Crippen molar-refractivity contribution in [2.24, 2.45) is 0 Å². The Morgan fingerprint density at radius 3 is 2.49 bits per heavy atom.